The van der Waals surface area contributed by atoms with Gasteiger partial charge >= 0.3 is 0 Å². The number of hydrogen-bond donors (Lipinski definition) is 2. The molecule has 4 rings (SSSR count). The maximum Gasteiger partial charge on any atom is 0.238 e. The van der Waals surface area contributed by atoms with Crippen LogP contribution in [0.5, 0.6) is 0 Å². The number of halogens is 2. The molecule has 2 N–H and O–H groups in total. The van der Waals surface area contributed by atoms with Gasteiger partial charge in [-0.15, -0.1) is 24.2 Å². The maximum absolute atomic E-state index is 12.7. The minimum atomic E-state index is -0.375. The second-order valence-electron chi connectivity index (χ2n) is 6.71. The Labute approximate surface area is 162 Å². The van der Waals surface area contributed by atoms with Crippen LogP contribution in [0, 0.1) is 0 Å². The summed E-state index contributed by atoms with van der Waals surface area (Å²) in [5.41, 5.74) is 0.734. The van der Waals surface area contributed by atoms with Crippen LogP contribution in [-0.2, 0) is 9.59 Å². The zero-order chi connectivity index (χ0) is 16.7. The molecule has 3 aliphatic rings. The number of carbonyl (C=O) groups excluding carboxylic acids is 2. The first kappa shape index (κ1) is 18.8. The number of rotatable bonds is 2. The molecule has 8 heteroatoms. The molecule has 3 atom stereocenters. The van der Waals surface area contributed by atoms with Gasteiger partial charge < -0.3 is 15.5 Å². The van der Waals surface area contributed by atoms with Crippen molar-refractivity contribution in [1.82, 2.24) is 10.2 Å². The molecule has 0 saturated carbocycles. The largest absolute Gasteiger partial charge is 0.341 e. The van der Waals surface area contributed by atoms with Crippen LogP contribution in [0.15, 0.2) is 23.1 Å². The Morgan fingerprint density at radius 3 is 2.92 bits per heavy atom. The van der Waals surface area contributed by atoms with Crippen molar-refractivity contribution in [2.24, 2.45) is 0 Å². The minimum Gasteiger partial charge on any atom is -0.341 e. The smallest absolute Gasteiger partial charge is 0.238 e. The first-order valence-corrected chi connectivity index (χ1v) is 9.65. The number of nitrogens with one attached hydrogen (secondary N) is 2. The summed E-state index contributed by atoms with van der Waals surface area (Å²) >= 11 is 7.42. The lowest BCUT2D eigenvalue weighted by molar-refractivity contribution is -0.132. The van der Waals surface area contributed by atoms with E-state index >= 15 is 0 Å². The van der Waals surface area contributed by atoms with Crippen LogP contribution >= 0.6 is 35.8 Å². The number of anilines is 1. The third kappa shape index (κ3) is 4.08. The molecule has 0 spiro atoms. The van der Waals surface area contributed by atoms with Crippen LogP contribution in [0.2, 0.25) is 5.02 Å². The quantitative estimate of drug-likeness (QED) is 0.799. The summed E-state index contributed by atoms with van der Waals surface area (Å²) in [6.45, 7) is 1.55. The Bertz CT molecular complexity index is 688. The lowest BCUT2D eigenvalue weighted by atomic mass is 10.1. The van der Waals surface area contributed by atoms with Crippen molar-refractivity contribution >= 4 is 53.3 Å². The zero-order valence-electron chi connectivity index (χ0n) is 13.7. The van der Waals surface area contributed by atoms with E-state index in [1.54, 1.807) is 12.1 Å². The summed E-state index contributed by atoms with van der Waals surface area (Å²) in [7, 11) is 0. The van der Waals surface area contributed by atoms with E-state index in [9.17, 15) is 9.59 Å². The Balaban J connectivity index is 0.00000182. The molecule has 3 unspecified atom stereocenters. The summed E-state index contributed by atoms with van der Waals surface area (Å²) in [6, 6.07) is 6.42. The molecule has 2 fully saturated rings. The monoisotopic (exact) mass is 401 g/mol. The summed E-state index contributed by atoms with van der Waals surface area (Å²) in [5, 5.41) is 6.67. The molecule has 136 valence electrons. The fraction of sp³-hybridized carbons (Fsp3) is 0.529. The zero-order valence-corrected chi connectivity index (χ0v) is 16.1. The first-order chi connectivity index (χ1) is 11.6. The van der Waals surface area contributed by atoms with Crippen LogP contribution in [0.25, 0.3) is 0 Å². The average Bonchev–Trinajstić information content (AvgIpc) is 2.87. The normalized spacial score (nSPS) is 27.8. The van der Waals surface area contributed by atoms with Gasteiger partial charge in [0.05, 0.1) is 10.9 Å². The summed E-state index contributed by atoms with van der Waals surface area (Å²) in [4.78, 5) is 27.9. The minimum absolute atomic E-state index is 0. The highest BCUT2D eigenvalue weighted by molar-refractivity contribution is 8.01. The molecule has 3 aliphatic heterocycles. The van der Waals surface area contributed by atoms with E-state index in [0.717, 1.165) is 36.5 Å². The van der Waals surface area contributed by atoms with E-state index in [-0.39, 0.29) is 35.9 Å². The number of benzene rings is 1. The molecule has 2 saturated heterocycles. The van der Waals surface area contributed by atoms with E-state index in [1.807, 2.05) is 11.0 Å². The van der Waals surface area contributed by atoms with E-state index in [4.69, 9.17) is 11.6 Å². The predicted molar refractivity (Wildman–Crippen MR) is 103 cm³/mol. The van der Waals surface area contributed by atoms with E-state index < -0.39 is 0 Å². The molecule has 1 aromatic carbocycles. The van der Waals surface area contributed by atoms with Gasteiger partial charge in [0.2, 0.25) is 11.8 Å². The fourth-order valence-corrected chi connectivity index (χ4v) is 4.97. The molecule has 5 nitrogen and oxygen atoms in total. The van der Waals surface area contributed by atoms with Gasteiger partial charge in [0.1, 0.15) is 0 Å². The highest BCUT2D eigenvalue weighted by Crippen LogP contribution is 2.38. The molecule has 1 aromatic rings. The van der Waals surface area contributed by atoms with Crippen LogP contribution in [-0.4, -0.2) is 47.1 Å². The Hall–Kier alpha value is -0.950. The highest BCUT2D eigenvalue weighted by Gasteiger charge is 2.34. The summed E-state index contributed by atoms with van der Waals surface area (Å²) < 4.78 is 0. The molecule has 0 aliphatic carbocycles. The molecule has 0 radical (unpaired) electrons. The molecule has 2 amide bonds. The van der Waals surface area contributed by atoms with Gasteiger partial charge in [-0.1, -0.05) is 11.6 Å². The van der Waals surface area contributed by atoms with Crippen molar-refractivity contribution in [3.63, 3.8) is 0 Å². The van der Waals surface area contributed by atoms with E-state index in [2.05, 4.69) is 10.6 Å². The fourth-order valence-electron chi connectivity index (χ4n) is 3.71. The summed E-state index contributed by atoms with van der Waals surface area (Å²) in [6.07, 6.45) is 3.61. The van der Waals surface area contributed by atoms with E-state index in [0.29, 0.717) is 17.1 Å². The second kappa shape index (κ2) is 7.74. The van der Waals surface area contributed by atoms with Gasteiger partial charge in [0.15, 0.2) is 0 Å². The maximum atomic E-state index is 12.7. The van der Waals surface area contributed by atoms with Gasteiger partial charge in [0.25, 0.3) is 0 Å². The van der Waals surface area contributed by atoms with Gasteiger partial charge in [-0.05, 0) is 37.5 Å². The van der Waals surface area contributed by atoms with Crippen molar-refractivity contribution in [1.29, 1.82) is 0 Å². The number of nitrogens with zero attached hydrogens (tertiary/aromatic N) is 1. The molecule has 3 heterocycles. The van der Waals surface area contributed by atoms with Crippen molar-refractivity contribution < 1.29 is 9.59 Å². The van der Waals surface area contributed by atoms with Crippen molar-refractivity contribution in [3.8, 4) is 0 Å². The third-order valence-corrected chi connectivity index (χ3v) is 6.51. The standard InChI is InChI=1S/C17H20ClN3O2S.ClH/c18-10-1-4-14-13(7-10)20-17(23)15(24-14)8-16(22)21-6-5-11-2-3-12(9-21)19-11;/h1,4,7,11-12,15,19H,2-3,5-6,8-9H2,(H,20,23);1H. The van der Waals surface area contributed by atoms with Crippen molar-refractivity contribution in [3.05, 3.63) is 23.2 Å². The molecular formula is C17H21Cl2N3O2S. The molecular weight excluding hydrogens is 381 g/mol. The van der Waals surface area contributed by atoms with Crippen LogP contribution in [0.3, 0.4) is 0 Å². The Morgan fingerprint density at radius 2 is 2.08 bits per heavy atom. The Morgan fingerprint density at radius 1 is 1.28 bits per heavy atom. The van der Waals surface area contributed by atoms with Crippen LogP contribution < -0.4 is 10.6 Å². The van der Waals surface area contributed by atoms with Crippen LogP contribution in [0.1, 0.15) is 25.7 Å². The van der Waals surface area contributed by atoms with Gasteiger partial charge in [-0.25, -0.2) is 0 Å². The SMILES string of the molecule is Cl.O=C1Nc2cc(Cl)ccc2SC1CC(=O)N1CCC2CCC(C1)N2. The second-order valence-corrected chi connectivity index (χ2v) is 8.39. The highest BCUT2D eigenvalue weighted by atomic mass is 35.5. The number of amides is 2. The average molecular weight is 402 g/mol. The number of fused-ring (bicyclic) bond motifs is 3. The summed E-state index contributed by atoms with van der Waals surface area (Å²) in [5.74, 6) is -0.0352. The molecule has 2 bridgehead atoms. The third-order valence-electron chi connectivity index (χ3n) is 5.00. The Kier molecular flexibility index (Phi) is 5.83. The van der Waals surface area contributed by atoms with Gasteiger partial charge in [0, 0.05) is 41.5 Å². The van der Waals surface area contributed by atoms with Crippen molar-refractivity contribution in [2.75, 3.05) is 18.4 Å². The number of thioether (sulfide) groups is 1. The van der Waals surface area contributed by atoms with Gasteiger partial charge in [-0.2, -0.15) is 0 Å². The first-order valence-electron chi connectivity index (χ1n) is 8.39. The number of hydrogen-bond acceptors (Lipinski definition) is 4. The lowest BCUT2D eigenvalue weighted by Crippen LogP contribution is -2.41. The molecule has 25 heavy (non-hydrogen) atoms. The van der Waals surface area contributed by atoms with Gasteiger partial charge in [-0.3, -0.25) is 9.59 Å². The lowest BCUT2D eigenvalue weighted by Gasteiger charge is -2.28. The van der Waals surface area contributed by atoms with E-state index in [1.165, 1.54) is 18.2 Å². The predicted octanol–water partition coefficient (Wildman–Crippen LogP) is 2.92. The van der Waals surface area contributed by atoms with Crippen LogP contribution in [0.4, 0.5) is 5.69 Å². The topological polar surface area (TPSA) is 61.4 Å². The number of carbonyl (C=O) groups is 2. The molecule has 0 aromatic heterocycles. The number of likely N-dealkylation sites (tertiary alicyclic amines) is 1. The van der Waals surface area contributed by atoms with Crippen molar-refractivity contribution in [2.45, 2.75) is 47.9 Å².